The summed E-state index contributed by atoms with van der Waals surface area (Å²) in [6, 6.07) is -0.0639. The molecule has 2 N–H and O–H groups in total. The van der Waals surface area contributed by atoms with E-state index in [1.165, 1.54) is 0 Å². The Balaban J connectivity index is -0.00000180. The molecule has 0 aromatic heterocycles. The van der Waals surface area contributed by atoms with Crippen LogP contribution in [0.25, 0.3) is 0 Å². The summed E-state index contributed by atoms with van der Waals surface area (Å²) in [4.78, 5) is 22.6. The number of carbonyl (C=O) groups is 2. The molecule has 0 aliphatic carbocycles. The molecular weight excluding hydrogens is 310 g/mol. The SMILES string of the molecule is CCCCCC(CN)N(CCOCC(=O)[O-])CC(=O)[O-].[Na+].[Na+]. The topological polar surface area (TPSA) is 119 Å². The number of ether oxygens (including phenoxy) is 1. The number of carbonyl (C=O) groups excluding carboxylic acids is 2. The summed E-state index contributed by atoms with van der Waals surface area (Å²) in [5.74, 6) is -2.48. The fraction of sp³-hybridized carbons (Fsp3) is 0.846. The fourth-order valence-corrected chi connectivity index (χ4v) is 1.97. The van der Waals surface area contributed by atoms with E-state index >= 15 is 0 Å². The molecule has 118 valence electrons. The second-order valence-electron chi connectivity index (χ2n) is 4.65. The van der Waals surface area contributed by atoms with Gasteiger partial charge in [-0.05, 0) is 6.42 Å². The van der Waals surface area contributed by atoms with Crippen LogP contribution in [0.5, 0.6) is 0 Å². The molecule has 1 unspecified atom stereocenters. The monoisotopic (exact) mass is 334 g/mol. The van der Waals surface area contributed by atoms with E-state index in [4.69, 9.17) is 10.5 Å². The number of carboxylic acid groups (broad SMARTS) is 2. The minimum absolute atomic E-state index is 0. The third kappa shape index (κ3) is 15.7. The molecule has 9 heteroatoms. The van der Waals surface area contributed by atoms with Gasteiger partial charge in [0.25, 0.3) is 0 Å². The van der Waals surface area contributed by atoms with Crippen molar-refractivity contribution in [3.8, 4) is 0 Å². The number of unbranched alkanes of at least 4 members (excludes halogenated alkanes) is 2. The average molecular weight is 334 g/mol. The van der Waals surface area contributed by atoms with E-state index in [2.05, 4.69) is 6.92 Å². The number of hydrogen-bond donors (Lipinski definition) is 1. The molecule has 0 heterocycles. The number of hydrogen-bond acceptors (Lipinski definition) is 7. The third-order valence-corrected chi connectivity index (χ3v) is 3.00. The molecular formula is C13H24N2Na2O5. The van der Waals surface area contributed by atoms with Gasteiger partial charge in [-0.1, -0.05) is 26.2 Å². The van der Waals surface area contributed by atoms with Gasteiger partial charge in [0.2, 0.25) is 0 Å². The van der Waals surface area contributed by atoms with Crippen LogP contribution in [-0.2, 0) is 14.3 Å². The van der Waals surface area contributed by atoms with E-state index in [9.17, 15) is 19.8 Å². The van der Waals surface area contributed by atoms with E-state index in [1.807, 2.05) is 0 Å². The van der Waals surface area contributed by atoms with Crippen molar-refractivity contribution in [2.45, 2.75) is 38.6 Å². The summed E-state index contributed by atoms with van der Waals surface area (Å²) in [6.07, 6.45) is 3.92. The van der Waals surface area contributed by atoms with Crippen molar-refractivity contribution in [1.82, 2.24) is 4.90 Å². The normalized spacial score (nSPS) is 11.4. The van der Waals surface area contributed by atoms with Gasteiger partial charge in [-0.3, -0.25) is 4.90 Å². The number of carboxylic acids is 2. The first-order valence-corrected chi connectivity index (χ1v) is 6.92. The number of nitrogens with two attached hydrogens (primary N) is 1. The molecule has 0 bridgehead atoms. The van der Waals surface area contributed by atoms with Crippen LogP contribution < -0.4 is 75.1 Å². The first kappa shape index (κ1) is 27.7. The minimum atomic E-state index is -1.30. The molecule has 0 aliphatic heterocycles. The summed E-state index contributed by atoms with van der Waals surface area (Å²) in [7, 11) is 0. The van der Waals surface area contributed by atoms with Crippen LogP contribution in [0.1, 0.15) is 32.6 Å². The number of aliphatic carboxylic acids is 2. The molecule has 1 atom stereocenters. The van der Waals surface area contributed by atoms with Crippen molar-refractivity contribution in [2.75, 3.05) is 32.8 Å². The Bertz CT molecular complexity index is 296. The maximum atomic E-state index is 10.8. The predicted octanol–water partition coefficient (Wildman–Crippen LogP) is -8.28. The zero-order valence-corrected chi connectivity index (χ0v) is 18.0. The first-order chi connectivity index (χ1) is 9.51. The molecule has 0 aliphatic rings. The fourth-order valence-electron chi connectivity index (χ4n) is 1.97. The van der Waals surface area contributed by atoms with Crippen LogP contribution in [0.3, 0.4) is 0 Å². The van der Waals surface area contributed by atoms with Crippen LogP contribution in [0, 0.1) is 0 Å². The second kappa shape index (κ2) is 18.2. The quantitative estimate of drug-likeness (QED) is 0.262. The van der Waals surface area contributed by atoms with Crippen LogP contribution in [0.4, 0.5) is 0 Å². The Morgan fingerprint density at radius 2 is 1.82 bits per heavy atom. The van der Waals surface area contributed by atoms with Crippen molar-refractivity contribution in [3.05, 3.63) is 0 Å². The maximum Gasteiger partial charge on any atom is 1.00 e. The number of nitrogens with zero attached hydrogens (tertiary/aromatic N) is 1. The zero-order valence-electron chi connectivity index (χ0n) is 14.0. The van der Waals surface area contributed by atoms with Gasteiger partial charge in [-0.25, -0.2) is 0 Å². The van der Waals surface area contributed by atoms with Crippen LogP contribution >= 0.6 is 0 Å². The molecule has 0 fully saturated rings. The molecule has 0 amide bonds. The van der Waals surface area contributed by atoms with E-state index in [1.54, 1.807) is 4.90 Å². The zero-order chi connectivity index (χ0) is 15.4. The van der Waals surface area contributed by atoms with Crippen molar-refractivity contribution < 1.29 is 83.7 Å². The van der Waals surface area contributed by atoms with E-state index in [0.29, 0.717) is 13.1 Å². The molecule has 7 nitrogen and oxygen atoms in total. The summed E-state index contributed by atoms with van der Waals surface area (Å²) in [5.41, 5.74) is 5.68. The van der Waals surface area contributed by atoms with Gasteiger partial charge in [0, 0.05) is 25.7 Å². The maximum absolute atomic E-state index is 10.8. The minimum Gasteiger partial charge on any atom is -0.549 e. The van der Waals surface area contributed by atoms with Gasteiger partial charge in [0.05, 0.1) is 25.2 Å². The Labute approximate surface area is 176 Å². The molecule has 0 saturated heterocycles. The molecule has 0 saturated carbocycles. The first-order valence-electron chi connectivity index (χ1n) is 6.92. The van der Waals surface area contributed by atoms with E-state index in [0.717, 1.165) is 25.7 Å². The van der Waals surface area contributed by atoms with Crippen molar-refractivity contribution in [1.29, 1.82) is 0 Å². The average Bonchev–Trinajstić information content (AvgIpc) is 2.38. The van der Waals surface area contributed by atoms with E-state index < -0.39 is 18.5 Å². The molecule has 0 spiro atoms. The largest absolute Gasteiger partial charge is 1.00 e. The molecule has 0 rings (SSSR count). The van der Waals surface area contributed by atoms with Crippen LogP contribution in [0.15, 0.2) is 0 Å². The Morgan fingerprint density at radius 3 is 2.27 bits per heavy atom. The third-order valence-electron chi connectivity index (χ3n) is 3.00. The summed E-state index contributed by atoms with van der Waals surface area (Å²) in [5, 5.41) is 21.0. The van der Waals surface area contributed by atoms with Gasteiger partial charge in [-0.15, -0.1) is 0 Å². The van der Waals surface area contributed by atoms with Gasteiger partial charge in [0.15, 0.2) is 0 Å². The predicted molar refractivity (Wildman–Crippen MR) is 69.4 cm³/mol. The smallest absolute Gasteiger partial charge is 0.549 e. The summed E-state index contributed by atoms with van der Waals surface area (Å²) >= 11 is 0. The van der Waals surface area contributed by atoms with Crippen molar-refractivity contribution in [2.24, 2.45) is 5.73 Å². The van der Waals surface area contributed by atoms with Gasteiger partial charge in [0.1, 0.15) is 0 Å². The molecule has 0 radical (unpaired) electrons. The molecule has 0 aromatic rings. The van der Waals surface area contributed by atoms with Crippen molar-refractivity contribution in [3.63, 3.8) is 0 Å². The standard InChI is InChI=1S/C13H26N2O5.2Na/c1-2-3-4-5-11(8-14)15(9-12(16)17)6-7-20-10-13(18)19;;/h11H,2-10,14H2,1H3,(H,16,17)(H,18,19);;/q;2*+1/p-2. The molecule has 22 heavy (non-hydrogen) atoms. The van der Waals surface area contributed by atoms with Crippen molar-refractivity contribution >= 4 is 11.9 Å². The second-order valence-corrected chi connectivity index (χ2v) is 4.65. The van der Waals surface area contributed by atoms with Crippen LogP contribution in [-0.4, -0.2) is 55.7 Å². The summed E-state index contributed by atoms with van der Waals surface area (Å²) in [6.45, 7) is 2.12. The Kier molecular flexibility index (Phi) is 22.8. The van der Waals surface area contributed by atoms with Gasteiger partial charge >= 0.3 is 59.1 Å². The Hall–Kier alpha value is 0.820. The number of rotatable bonds is 13. The van der Waals surface area contributed by atoms with Crippen LogP contribution in [0.2, 0.25) is 0 Å². The Morgan fingerprint density at radius 1 is 1.18 bits per heavy atom. The molecule has 0 aromatic carbocycles. The van der Waals surface area contributed by atoms with Gasteiger partial charge < -0.3 is 30.3 Å². The van der Waals surface area contributed by atoms with E-state index in [-0.39, 0.29) is 78.3 Å². The van der Waals surface area contributed by atoms with Gasteiger partial charge in [-0.2, -0.15) is 0 Å². The summed E-state index contributed by atoms with van der Waals surface area (Å²) < 4.78 is 4.87.